The molecule has 0 spiro atoms. The summed E-state index contributed by atoms with van der Waals surface area (Å²) in [5.74, 6) is -1.00. The molecule has 1 heterocycles. The average Bonchev–Trinajstić information content (AvgIpc) is 2.54. The van der Waals surface area contributed by atoms with Gasteiger partial charge in [0, 0.05) is 11.1 Å². The summed E-state index contributed by atoms with van der Waals surface area (Å²) in [6.45, 7) is 0. The van der Waals surface area contributed by atoms with E-state index >= 15 is 0 Å². The minimum absolute atomic E-state index is 0.0308. The Balaban J connectivity index is 2.19. The molecule has 0 radical (unpaired) electrons. The Labute approximate surface area is 128 Å². The molecule has 0 unspecified atom stereocenters. The maximum Gasteiger partial charge on any atom is 0.416 e. The van der Waals surface area contributed by atoms with Crippen molar-refractivity contribution in [2.75, 3.05) is 0 Å². The van der Waals surface area contributed by atoms with E-state index in [2.05, 4.69) is 15.2 Å². The second kappa shape index (κ2) is 5.75. The molecular weight excluding hydrogens is 310 g/mol. The largest absolute Gasteiger partial charge is 0.416 e. The maximum absolute atomic E-state index is 13.6. The molecule has 0 fully saturated rings. The van der Waals surface area contributed by atoms with Crippen LogP contribution in [0.3, 0.4) is 0 Å². The smallest absolute Gasteiger partial charge is 0.232 e. The van der Waals surface area contributed by atoms with Gasteiger partial charge < -0.3 is 0 Å². The molecule has 0 atom stereocenters. The highest BCUT2D eigenvalue weighted by molar-refractivity contribution is 5.77. The van der Waals surface area contributed by atoms with E-state index in [1.807, 2.05) is 0 Å². The lowest BCUT2D eigenvalue weighted by atomic mass is 10.0. The number of nitrogens with zero attached hydrogens (tertiary/aromatic N) is 3. The predicted molar refractivity (Wildman–Crippen MR) is 75.7 cm³/mol. The van der Waals surface area contributed by atoms with Crippen molar-refractivity contribution in [2.45, 2.75) is 6.18 Å². The van der Waals surface area contributed by atoms with Crippen LogP contribution in [0.1, 0.15) is 5.56 Å². The first-order chi connectivity index (χ1) is 10.9. The third kappa shape index (κ3) is 3.18. The molecule has 7 heteroatoms. The van der Waals surface area contributed by atoms with Gasteiger partial charge in [0.15, 0.2) is 0 Å². The number of aromatic nitrogens is 3. The van der Waals surface area contributed by atoms with Crippen LogP contribution in [0.4, 0.5) is 17.6 Å². The zero-order valence-electron chi connectivity index (χ0n) is 11.5. The van der Waals surface area contributed by atoms with Crippen molar-refractivity contribution in [3.8, 4) is 22.5 Å². The molecule has 0 saturated carbocycles. The van der Waals surface area contributed by atoms with Crippen LogP contribution in [0.5, 0.6) is 0 Å². The van der Waals surface area contributed by atoms with Crippen LogP contribution in [-0.4, -0.2) is 15.2 Å². The van der Waals surface area contributed by atoms with Crippen molar-refractivity contribution in [3.05, 3.63) is 66.2 Å². The minimum Gasteiger partial charge on any atom is -0.232 e. The van der Waals surface area contributed by atoms with Crippen LogP contribution in [0.15, 0.2) is 54.9 Å². The van der Waals surface area contributed by atoms with Gasteiger partial charge in [0.2, 0.25) is 0 Å². The van der Waals surface area contributed by atoms with Crippen LogP contribution in [-0.2, 0) is 6.18 Å². The summed E-state index contributed by atoms with van der Waals surface area (Å²) in [7, 11) is 0. The van der Waals surface area contributed by atoms with Gasteiger partial charge in [-0.1, -0.05) is 30.3 Å². The quantitative estimate of drug-likeness (QED) is 0.659. The SMILES string of the molecule is Fc1cc(-c2nncnc2-c2ccccc2)cc(C(F)(F)F)c1. The molecule has 0 saturated heterocycles. The number of benzene rings is 2. The number of alkyl halides is 3. The van der Waals surface area contributed by atoms with Crippen LogP contribution < -0.4 is 0 Å². The topological polar surface area (TPSA) is 38.7 Å². The predicted octanol–water partition coefficient (Wildman–Crippen LogP) is 4.36. The molecule has 3 nitrogen and oxygen atoms in total. The van der Waals surface area contributed by atoms with Gasteiger partial charge in [-0.15, -0.1) is 10.2 Å². The molecule has 0 amide bonds. The first-order valence-corrected chi connectivity index (χ1v) is 6.56. The molecule has 3 rings (SSSR count). The fourth-order valence-corrected chi connectivity index (χ4v) is 2.17. The lowest BCUT2D eigenvalue weighted by Gasteiger charge is -2.11. The number of halogens is 4. The van der Waals surface area contributed by atoms with Gasteiger partial charge >= 0.3 is 6.18 Å². The van der Waals surface area contributed by atoms with Crippen LogP contribution in [0.2, 0.25) is 0 Å². The van der Waals surface area contributed by atoms with Crippen LogP contribution in [0.25, 0.3) is 22.5 Å². The van der Waals surface area contributed by atoms with Gasteiger partial charge in [-0.2, -0.15) is 13.2 Å². The molecule has 0 aliphatic carbocycles. The lowest BCUT2D eigenvalue weighted by Crippen LogP contribution is -2.06. The Hall–Kier alpha value is -2.83. The van der Waals surface area contributed by atoms with E-state index in [-0.39, 0.29) is 11.3 Å². The lowest BCUT2D eigenvalue weighted by molar-refractivity contribution is -0.137. The highest BCUT2D eigenvalue weighted by Gasteiger charge is 2.31. The van der Waals surface area contributed by atoms with Gasteiger partial charge in [-0.25, -0.2) is 9.37 Å². The maximum atomic E-state index is 13.6. The Morgan fingerprint density at radius 1 is 0.826 bits per heavy atom. The van der Waals surface area contributed by atoms with Crippen molar-refractivity contribution >= 4 is 0 Å². The second-order valence-corrected chi connectivity index (χ2v) is 4.75. The van der Waals surface area contributed by atoms with Crippen molar-refractivity contribution in [2.24, 2.45) is 0 Å². The van der Waals surface area contributed by atoms with Gasteiger partial charge in [-0.05, 0) is 18.2 Å². The molecule has 1 aromatic heterocycles. The van der Waals surface area contributed by atoms with Crippen molar-refractivity contribution in [1.82, 2.24) is 15.2 Å². The second-order valence-electron chi connectivity index (χ2n) is 4.75. The van der Waals surface area contributed by atoms with Crippen LogP contribution in [0, 0.1) is 5.82 Å². The molecule has 2 aromatic carbocycles. The standard InChI is InChI=1S/C16H9F4N3/c17-13-7-11(6-12(8-13)16(18,19)20)15-14(21-9-22-23-15)10-4-2-1-3-5-10/h1-9H. The first kappa shape index (κ1) is 15.1. The van der Waals surface area contributed by atoms with E-state index in [1.54, 1.807) is 30.3 Å². The number of hydrogen-bond donors (Lipinski definition) is 0. The summed E-state index contributed by atoms with van der Waals surface area (Å²) in [6.07, 6.45) is -3.46. The van der Waals surface area contributed by atoms with E-state index in [4.69, 9.17) is 0 Å². The van der Waals surface area contributed by atoms with E-state index in [9.17, 15) is 17.6 Å². The molecule has 116 valence electrons. The normalized spacial score (nSPS) is 11.5. The van der Waals surface area contributed by atoms with E-state index < -0.39 is 17.6 Å². The summed E-state index contributed by atoms with van der Waals surface area (Å²) in [6, 6.07) is 11.0. The van der Waals surface area contributed by atoms with E-state index in [0.29, 0.717) is 17.3 Å². The summed E-state index contributed by atoms with van der Waals surface area (Å²) in [5.41, 5.74) is -0.0489. The third-order valence-electron chi connectivity index (χ3n) is 3.17. The molecule has 0 aliphatic rings. The minimum atomic E-state index is -4.65. The third-order valence-corrected chi connectivity index (χ3v) is 3.17. The molecule has 0 bridgehead atoms. The molecule has 0 aliphatic heterocycles. The summed E-state index contributed by atoms with van der Waals surface area (Å²) in [4.78, 5) is 4.07. The molecule has 3 aromatic rings. The summed E-state index contributed by atoms with van der Waals surface area (Å²) in [5, 5.41) is 7.45. The zero-order chi connectivity index (χ0) is 16.4. The summed E-state index contributed by atoms with van der Waals surface area (Å²) < 4.78 is 52.2. The average molecular weight is 319 g/mol. The molecule has 23 heavy (non-hydrogen) atoms. The first-order valence-electron chi connectivity index (χ1n) is 6.56. The van der Waals surface area contributed by atoms with Gasteiger partial charge in [0.05, 0.1) is 5.56 Å². The fourth-order valence-electron chi connectivity index (χ4n) is 2.17. The van der Waals surface area contributed by atoms with Crippen molar-refractivity contribution < 1.29 is 17.6 Å². The van der Waals surface area contributed by atoms with Crippen LogP contribution >= 0.6 is 0 Å². The van der Waals surface area contributed by atoms with Gasteiger partial charge in [0.25, 0.3) is 0 Å². The van der Waals surface area contributed by atoms with Gasteiger partial charge in [-0.3, -0.25) is 0 Å². The highest BCUT2D eigenvalue weighted by atomic mass is 19.4. The fraction of sp³-hybridized carbons (Fsp3) is 0.0625. The Bertz CT molecular complexity index is 832. The Morgan fingerprint density at radius 2 is 1.57 bits per heavy atom. The van der Waals surface area contributed by atoms with Crippen molar-refractivity contribution in [1.29, 1.82) is 0 Å². The highest BCUT2D eigenvalue weighted by Crippen LogP contribution is 2.34. The molecular formula is C16H9F4N3. The van der Waals surface area contributed by atoms with E-state index in [0.717, 1.165) is 12.1 Å². The number of rotatable bonds is 2. The zero-order valence-corrected chi connectivity index (χ0v) is 11.5. The monoisotopic (exact) mass is 319 g/mol. The Kier molecular flexibility index (Phi) is 3.77. The van der Waals surface area contributed by atoms with Crippen molar-refractivity contribution in [3.63, 3.8) is 0 Å². The Morgan fingerprint density at radius 3 is 2.26 bits per heavy atom. The van der Waals surface area contributed by atoms with E-state index in [1.165, 1.54) is 6.33 Å². The van der Waals surface area contributed by atoms with Gasteiger partial charge in [0.1, 0.15) is 23.5 Å². The summed E-state index contributed by atoms with van der Waals surface area (Å²) >= 11 is 0. The number of hydrogen-bond acceptors (Lipinski definition) is 3. The molecule has 0 N–H and O–H groups in total.